The highest BCUT2D eigenvalue weighted by Gasteiger charge is 2.08. The second-order valence-corrected chi connectivity index (χ2v) is 3.61. The summed E-state index contributed by atoms with van der Waals surface area (Å²) >= 11 is 0. The van der Waals surface area contributed by atoms with Gasteiger partial charge in [-0.25, -0.2) is 0 Å². The molecule has 0 rings (SSSR count). The van der Waals surface area contributed by atoms with Crippen LogP contribution in [0, 0.1) is 0 Å². The van der Waals surface area contributed by atoms with Crippen LogP contribution >= 0.6 is 0 Å². The van der Waals surface area contributed by atoms with Gasteiger partial charge in [0.05, 0.1) is 0 Å². The molecule has 0 aliphatic heterocycles. The van der Waals surface area contributed by atoms with Crippen LogP contribution in [0.15, 0.2) is 0 Å². The van der Waals surface area contributed by atoms with E-state index in [9.17, 15) is 0 Å². The smallest absolute Gasteiger partial charge is 0.0214 e. The van der Waals surface area contributed by atoms with Crippen LogP contribution in [0.4, 0.5) is 0 Å². The maximum absolute atomic E-state index is 3.46. The van der Waals surface area contributed by atoms with Crippen molar-refractivity contribution in [3.05, 3.63) is 0 Å². The van der Waals surface area contributed by atoms with Crippen LogP contribution in [-0.4, -0.2) is 38.1 Å². The van der Waals surface area contributed by atoms with E-state index in [1.807, 2.05) is 0 Å². The molecule has 1 atom stereocenters. The van der Waals surface area contributed by atoms with Crippen molar-refractivity contribution in [1.29, 1.82) is 0 Å². The predicted octanol–water partition coefficient (Wildman–Crippen LogP) is 1.72. The van der Waals surface area contributed by atoms with Gasteiger partial charge in [0, 0.05) is 12.6 Å². The molecule has 12 heavy (non-hydrogen) atoms. The lowest BCUT2D eigenvalue weighted by atomic mass is 10.1. The van der Waals surface area contributed by atoms with Crippen molar-refractivity contribution in [3.8, 4) is 0 Å². The zero-order valence-electron chi connectivity index (χ0n) is 9.06. The Bertz CT molecular complexity index is 91.8. The molecule has 74 valence electrons. The second kappa shape index (κ2) is 7.56. The second-order valence-electron chi connectivity index (χ2n) is 3.61. The Balaban J connectivity index is 3.49. The molecule has 0 spiro atoms. The van der Waals surface area contributed by atoms with E-state index in [1.165, 1.54) is 19.3 Å². The summed E-state index contributed by atoms with van der Waals surface area (Å²) in [5.41, 5.74) is 0. The number of likely N-dealkylation sites (N-methyl/N-ethyl adjacent to an activating group) is 1. The van der Waals surface area contributed by atoms with Crippen LogP contribution in [0.3, 0.4) is 0 Å². The summed E-state index contributed by atoms with van der Waals surface area (Å²) in [6.45, 7) is 6.73. The van der Waals surface area contributed by atoms with Gasteiger partial charge in [0.15, 0.2) is 0 Å². The number of nitrogens with one attached hydrogen (secondary N) is 1. The normalized spacial score (nSPS) is 13.8. The molecule has 0 fully saturated rings. The van der Waals surface area contributed by atoms with Crippen molar-refractivity contribution in [2.24, 2.45) is 0 Å². The van der Waals surface area contributed by atoms with E-state index in [1.54, 1.807) is 0 Å². The molecule has 2 nitrogen and oxygen atoms in total. The topological polar surface area (TPSA) is 15.3 Å². The average molecular weight is 172 g/mol. The van der Waals surface area contributed by atoms with Gasteiger partial charge in [0.1, 0.15) is 0 Å². The molecule has 0 aliphatic carbocycles. The molecule has 0 saturated carbocycles. The van der Waals surface area contributed by atoms with E-state index >= 15 is 0 Å². The lowest BCUT2D eigenvalue weighted by molar-refractivity contribution is 0.268. The van der Waals surface area contributed by atoms with Crippen LogP contribution < -0.4 is 5.32 Å². The maximum atomic E-state index is 3.46. The van der Waals surface area contributed by atoms with Gasteiger partial charge < -0.3 is 10.2 Å². The fraction of sp³-hybridized carbons (Fsp3) is 1.00. The molecule has 1 unspecified atom stereocenters. The van der Waals surface area contributed by atoms with E-state index in [4.69, 9.17) is 0 Å². The summed E-state index contributed by atoms with van der Waals surface area (Å²) < 4.78 is 0. The number of hydrogen-bond donors (Lipinski definition) is 1. The van der Waals surface area contributed by atoms with Crippen molar-refractivity contribution < 1.29 is 0 Å². The van der Waals surface area contributed by atoms with Crippen molar-refractivity contribution in [3.63, 3.8) is 0 Å². The van der Waals surface area contributed by atoms with Gasteiger partial charge in [-0.1, -0.05) is 20.3 Å². The van der Waals surface area contributed by atoms with Crippen molar-refractivity contribution >= 4 is 0 Å². The van der Waals surface area contributed by atoms with Crippen LogP contribution in [0.5, 0.6) is 0 Å². The first-order chi connectivity index (χ1) is 5.72. The molecule has 1 N–H and O–H groups in total. The van der Waals surface area contributed by atoms with E-state index in [0.717, 1.165) is 13.1 Å². The van der Waals surface area contributed by atoms with Gasteiger partial charge in [-0.3, -0.25) is 0 Å². The summed E-state index contributed by atoms with van der Waals surface area (Å²) in [7, 11) is 4.32. The average Bonchev–Trinajstić information content (AvgIpc) is 2.03. The third kappa shape index (κ3) is 5.56. The van der Waals surface area contributed by atoms with Crippen LogP contribution in [-0.2, 0) is 0 Å². The Morgan fingerprint density at radius 3 is 2.25 bits per heavy atom. The third-order valence-corrected chi connectivity index (χ3v) is 2.16. The monoisotopic (exact) mass is 172 g/mol. The predicted molar refractivity (Wildman–Crippen MR) is 55.5 cm³/mol. The Kier molecular flexibility index (Phi) is 7.51. The molecule has 0 radical (unpaired) electrons. The van der Waals surface area contributed by atoms with E-state index in [0.29, 0.717) is 6.04 Å². The first-order valence-corrected chi connectivity index (χ1v) is 5.09. The summed E-state index contributed by atoms with van der Waals surface area (Å²) in [4.78, 5) is 2.31. The first-order valence-electron chi connectivity index (χ1n) is 5.09. The molecule has 0 aromatic rings. The minimum atomic E-state index is 0.710. The van der Waals surface area contributed by atoms with Crippen LogP contribution in [0.1, 0.15) is 33.1 Å². The Morgan fingerprint density at radius 1 is 1.17 bits per heavy atom. The molecule has 0 aromatic heterocycles. The van der Waals surface area contributed by atoms with Gasteiger partial charge in [-0.05, 0) is 33.5 Å². The molecule has 0 aliphatic rings. The summed E-state index contributed by atoms with van der Waals surface area (Å²) in [5.74, 6) is 0. The molecule has 0 heterocycles. The fourth-order valence-corrected chi connectivity index (χ4v) is 1.32. The highest BCUT2D eigenvalue weighted by Crippen LogP contribution is 2.01. The lowest BCUT2D eigenvalue weighted by Gasteiger charge is -2.24. The zero-order valence-corrected chi connectivity index (χ0v) is 9.06. The van der Waals surface area contributed by atoms with E-state index < -0.39 is 0 Å². The van der Waals surface area contributed by atoms with Crippen LogP contribution in [0.25, 0.3) is 0 Å². The summed E-state index contributed by atoms with van der Waals surface area (Å²) in [6.07, 6.45) is 3.80. The van der Waals surface area contributed by atoms with Crippen molar-refractivity contribution in [2.45, 2.75) is 39.2 Å². The molecular weight excluding hydrogens is 148 g/mol. The fourth-order valence-electron chi connectivity index (χ4n) is 1.32. The highest BCUT2D eigenvalue weighted by atomic mass is 15.1. The Labute approximate surface area is 77.3 Å². The molecular formula is C10H24N2. The van der Waals surface area contributed by atoms with Gasteiger partial charge in [0.25, 0.3) is 0 Å². The van der Waals surface area contributed by atoms with E-state index in [2.05, 4.69) is 38.2 Å². The Hall–Kier alpha value is -0.0800. The molecule has 0 amide bonds. The molecule has 0 bridgehead atoms. The number of rotatable bonds is 7. The molecule has 0 aromatic carbocycles. The summed E-state index contributed by atoms with van der Waals surface area (Å²) in [6, 6.07) is 0.710. The SMILES string of the molecule is CCCNCC(CCC)N(C)C. The number of nitrogens with zero attached hydrogens (tertiary/aromatic N) is 1. The Morgan fingerprint density at radius 2 is 1.83 bits per heavy atom. The van der Waals surface area contributed by atoms with Crippen molar-refractivity contribution in [2.75, 3.05) is 27.2 Å². The zero-order chi connectivity index (χ0) is 9.40. The van der Waals surface area contributed by atoms with Gasteiger partial charge >= 0.3 is 0 Å². The molecule has 0 saturated heterocycles. The quantitative estimate of drug-likeness (QED) is 0.588. The highest BCUT2D eigenvalue weighted by molar-refractivity contribution is 4.67. The third-order valence-electron chi connectivity index (χ3n) is 2.16. The lowest BCUT2D eigenvalue weighted by Crippen LogP contribution is -2.37. The minimum absolute atomic E-state index is 0.710. The summed E-state index contributed by atoms with van der Waals surface area (Å²) in [5, 5.41) is 3.46. The van der Waals surface area contributed by atoms with Crippen LogP contribution in [0.2, 0.25) is 0 Å². The van der Waals surface area contributed by atoms with Gasteiger partial charge in [0.2, 0.25) is 0 Å². The van der Waals surface area contributed by atoms with Gasteiger partial charge in [-0.2, -0.15) is 0 Å². The number of hydrogen-bond acceptors (Lipinski definition) is 2. The largest absolute Gasteiger partial charge is 0.315 e. The van der Waals surface area contributed by atoms with Crippen molar-refractivity contribution in [1.82, 2.24) is 10.2 Å². The van der Waals surface area contributed by atoms with E-state index in [-0.39, 0.29) is 0 Å². The molecule has 2 heteroatoms. The first kappa shape index (κ1) is 11.9. The van der Waals surface area contributed by atoms with Gasteiger partial charge in [-0.15, -0.1) is 0 Å². The standard InChI is InChI=1S/C10H24N2/c1-5-7-10(12(3)4)9-11-8-6-2/h10-11H,5-9H2,1-4H3. The minimum Gasteiger partial charge on any atom is -0.315 e. The maximum Gasteiger partial charge on any atom is 0.0214 e.